The minimum atomic E-state index is 0.428. The van der Waals surface area contributed by atoms with Crippen LogP contribution in [0.2, 0.25) is 0 Å². The molecule has 108 valence electrons. The molecule has 0 amide bonds. The van der Waals surface area contributed by atoms with E-state index in [2.05, 4.69) is 65.1 Å². The van der Waals surface area contributed by atoms with Crippen molar-refractivity contribution in [2.24, 2.45) is 0 Å². The van der Waals surface area contributed by atoms with Gasteiger partial charge in [-0.3, -0.25) is 0 Å². The molecule has 0 saturated heterocycles. The Labute approximate surface area is 129 Å². The number of nitrogens with one attached hydrogen (secondary N) is 1. The Kier molecular flexibility index (Phi) is 4.32. The van der Waals surface area contributed by atoms with Crippen LogP contribution in [-0.2, 0) is 12.8 Å². The minimum Gasteiger partial charge on any atom is -0.316 e. The summed E-state index contributed by atoms with van der Waals surface area (Å²) in [7, 11) is 2.03. The van der Waals surface area contributed by atoms with Crippen LogP contribution in [0.25, 0.3) is 10.8 Å². The van der Waals surface area contributed by atoms with Gasteiger partial charge in [-0.2, -0.15) is 0 Å². The molecule has 0 radical (unpaired) electrons. The van der Waals surface area contributed by atoms with E-state index in [1.165, 1.54) is 21.3 Å². The number of aromatic nitrogens is 1. The third-order valence-electron chi connectivity index (χ3n) is 3.79. The molecule has 3 aromatic rings. The standard InChI is InChI=1S/C18H20N2S/c1-13-12-21-18(20-13)11-17(19-2)10-14-7-8-15-5-3-4-6-16(15)9-14/h3-9,12,17,19H,10-11H2,1-2H3. The Morgan fingerprint density at radius 1 is 1.10 bits per heavy atom. The maximum Gasteiger partial charge on any atom is 0.0943 e. The molecule has 2 nitrogen and oxygen atoms in total. The molecule has 1 unspecified atom stereocenters. The van der Waals surface area contributed by atoms with Crippen LogP contribution >= 0.6 is 11.3 Å². The van der Waals surface area contributed by atoms with Gasteiger partial charge < -0.3 is 5.32 Å². The molecule has 0 aliphatic rings. The maximum atomic E-state index is 4.57. The number of rotatable bonds is 5. The fourth-order valence-electron chi connectivity index (χ4n) is 2.63. The topological polar surface area (TPSA) is 24.9 Å². The van der Waals surface area contributed by atoms with Gasteiger partial charge in [-0.15, -0.1) is 11.3 Å². The second-order valence-electron chi connectivity index (χ2n) is 5.46. The summed E-state index contributed by atoms with van der Waals surface area (Å²) in [6.07, 6.45) is 2.02. The Morgan fingerprint density at radius 2 is 1.90 bits per heavy atom. The third kappa shape index (κ3) is 3.49. The molecule has 1 heterocycles. The van der Waals surface area contributed by atoms with E-state index in [0.717, 1.165) is 18.5 Å². The van der Waals surface area contributed by atoms with Crippen LogP contribution in [0, 0.1) is 6.92 Å². The van der Waals surface area contributed by atoms with Crippen molar-refractivity contribution in [3.8, 4) is 0 Å². The number of hydrogen-bond acceptors (Lipinski definition) is 3. The molecule has 1 atom stereocenters. The molecule has 0 spiro atoms. The molecule has 1 aromatic heterocycles. The first-order chi connectivity index (χ1) is 10.2. The van der Waals surface area contributed by atoms with Crippen LogP contribution in [0.15, 0.2) is 47.8 Å². The fourth-order valence-corrected chi connectivity index (χ4v) is 3.49. The van der Waals surface area contributed by atoms with E-state index < -0.39 is 0 Å². The monoisotopic (exact) mass is 296 g/mol. The normalized spacial score (nSPS) is 12.7. The van der Waals surface area contributed by atoms with Crippen molar-refractivity contribution < 1.29 is 0 Å². The Balaban J connectivity index is 1.75. The first kappa shape index (κ1) is 14.2. The lowest BCUT2D eigenvalue weighted by atomic mass is 10.0. The number of nitrogens with zero attached hydrogens (tertiary/aromatic N) is 1. The molecule has 0 aliphatic heterocycles. The number of aryl methyl sites for hydroxylation is 1. The first-order valence-electron chi connectivity index (χ1n) is 7.30. The summed E-state index contributed by atoms with van der Waals surface area (Å²) in [5, 5.41) is 9.38. The molecule has 1 N–H and O–H groups in total. The van der Waals surface area contributed by atoms with E-state index in [9.17, 15) is 0 Å². The zero-order chi connectivity index (χ0) is 14.7. The zero-order valence-corrected chi connectivity index (χ0v) is 13.3. The van der Waals surface area contributed by atoms with Crippen LogP contribution in [0.4, 0.5) is 0 Å². The zero-order valence-electron chi connectivity index (χ0n) is 12.5. The molecule has 21 heavy (non-hydrogen) atoms. The third-order valence-corrected chi connectivity index (χ3v) is 4.78. The number of fused-ring (bicyclic) bond motifs is 1. The SMILES string of the molecule is CNC(Cc1ccc2ccccc2c1)Cc1nc(C)cs1. The van der Waals surface area contributed by atoms with Crippen LogP contribution in [0.3, 0.4) is 0 Å². The van der Waals surface area contributed by atoms with Crippen molar-refractivity contribution in [1.82, 2.24) is 10.3 Å². The second-order valence-corrected chi connectivity index (χ2v) is 6.40. The molecule has 3 rings (SSSR count). The van der Waals surface area contributed by atoms with Crippen molar-refractivity contribution >= 4 is 22.1 Å². The number of likely N-dealkylation sites (N-methyl/N-ethyl adjacent to an activating group) is 1. The van der Waals surface area contributed by atoms with Gasteiger partial charge in [0.05, 0.1) is 5.01 Å². The first-order valence-corrected chi connectivity index (χ1v) is 8.18. The smallest absolute Gasteiger partial charge is 0.0943 e. The number of thiazole rings is 1. The van der Waals surface area contributed by atoms with Gasteiger partial charge in [-0.25, -0.2) is 4.98 Å². The van der Waals surface area contributed by atoms with Crippen LogP contribution in [0.1, 0.15) is 16.3 Å². The van der Waals surface area contributed by atoms with Crippen molar-refractivity contribution in [1.29, 1.82) is 0 Å². The van der Waals surface area contributed by atoms with Gasteiger partial charge in [0.2, 0.25) is 0 Å². The quantitative estimate of drug-likeness (QED) is 0.770. The van der Waals surface area contributed by atoms with Gasteiger partial charge in [0.15, 0.2) is 0 Å². The van der Waals surface area contributed by atoms with E-state index in [1.807, 2.05) is 7.05 Å². The molecular weight excluding hydrogens is 276 g/mol. The summed E-state index contributed by atoms with van der Waals surface area (Å²) >= 11 is 1.76. The van der Waals surface area contributed by atoms with Crippen molar-refractivity contribution in [3.63, 3.8) is 0 Å². The van der Waals surface area contributed by atoms with Gasteiger partial charge in [0.25, 0.3) is 0 Å². The highest BCUT2D eigenvalue weighted by Gasteiger charge is 2.11. The van der Waals surface area contributed by atoms with E-state index in [0.29, 0.717) is 6.04 Å². The minimum absolute atomic E-state index is 0.428. The molecular formula is C18H20N2S. The Morgan fingerprint density at radius 3 is 2.62 bits per heavy atom. The molecule has 3 heteroatoms. The van der Waals surface area contributed by atoms with Gasteiger partial charge in [0.1, 0.15) is 0 Å². The summed E-state index contributed by atoms with van der Waals surface area (Å²) < 4.78 is 0. The maximum absolute atomic E-state index is 4.57. The van der Waals surface area contributed by atoms with E-state index in [1.54, 1.807) is 11.3 Å². The lowest BCUT2D eigenvalue weighted by Gasteiger charge is -2.15. The summed E-state index contributed by atoms with van der Waals surface area (Å²) in [5.41, 5.74) is 2.50. The van der Waals surface area contributed by atoms with Crippen LogP contribution < -0.4 is 5.32 Å². The highest BCUT2D eigenvalue weighted by molar-refractivity contribution is 7.09. The highest BCUT2D eigenvalue weighted by Crippen LogP contribution is 2.18. The van der Waals surface area contributed by atoms with Gasteiger partial charge in [0, 0.05) is 23.5 Å². The van der Waals surface area contributed by atoms with Crippen molar-refractivity contribution in [2.45, 2.75) is 25.8 Å². The van der Waals surface area contributed by atoms with Crippen molar-refractivity contribution in [2.75, 3.05) is 7.05 Å². The van der Waals surface area contributed by atoms with Gasteiger partial charge in [-0.1, -0.05) is 42.5 Å². The van der Waals surface area contributed by atoms with E-state index in [-0.39, 0.29) is 0 Å². The van der Waals surface area contributed by atoms with Crippen LogP contribution in [-0.4, -0.2) is 18.1 Å². The fraction of sp³-hybridized carbons (Fsp3) is 0.278. The number of benzene rings is 2. The van der Waals surface area contributed by atoms with Gasteiger partial charge in [-0.05, 0) is 36.7 Å². The van der Waals surface area contributed by atoms with Crippen molar-refractivity contribution in [3.05, 3.63) is 64.1 Å². The highest BCUT2D eigenvalue weighted by atomic mass is 32.1. The van der Waals surface area contributed by atoms with Crippen LogP contribution in [0.5, 0.6) is 0 Å². The Bertz CT molecular complexity index is 733. The summed E-state index contributed by atoms with van der Waals surface area (Å²) in [6.45, 7) is 2.05. The summed E-state index contributed by atoms with van der Waals surface area (Å²) in [5.74, 6) is 0. The van der Waals surface area contributed by atoms with E-state index >= 15 is 0 Å². The number of hydrogen-bond donors (Lipinski definition) is 1. The summed E-state index contributed by atoms with van der Waals surface area (Å²) in [6, 6.07) is 15.7. The molecule has 2 aromatic carbocycles. The largest absolute Gasteiger partial charge is 0.316 e. The van der Waals surface area contributed by atoms with E-state index in [4.69, 9.17) is 0 Å². The Hall–Kier alpha value is -1.71. The molecule has 0 aliphatic carbocycles. The average Bonchev–Trinajstić information content (AvgIpc) is 2.91. The molecule has 0 bridgehead atoms. The molecule has 0 fully saturated rings. The van der Waals surface area contributed by atoms with Gasteiger partial charge >= 0.3 is 0 Å². The lowest BCUT2D eigenvalue weighted by Crippen LogP contribution is -2.29. The average molecular weight is 296 g/mol. The lowest BCUT2D eigenvalue weighted by molar-refractivity contribution is 0.555. The molecule has 0 saturated carbocycles. The predicted molar refractivity (Wildman–Crippen MR) is 91.1 cm³/mol. The predicted octanol–water partition coefficient (Wildman–Crippen LogP) is 3.98. The second kappa shape index (κ2) is 6.37. The summed E-state index contributed by atoms with van der Waals surface area (Å²) in [4.78, 5) is 4.57.